The zero-order valence-corrected chi connectivity index (χ0v) is 18.1. The van der Waals surface area contributed by atoms with Crippen LogP contribution < -0.4 is 10.1 Å². The highest BCUT2D eigenvalue weighted by molar-refractivity contribution is 6.30. The number of halogens is 1. The van der Waals surface area contributed by atoms with Gasteiger partial charge in [-0.15, -0.1) is 5.10 Å². The molecule has 4 aromatic rings. The summed E-state index contributed by atoms with van der Waals surface area (Å²) >= 11 is 6.24. The van der Waals surface area contributed by atoms with Crippen LogP contribution in [0.4, 0.5) is 5.69 Å². The SMILES string of the molecule is COc1ccc(NC(=O)c2nc(-c3cccc(C)c3)n(-c3cc(Cl)ccc3C)n2)cc1. The van der Waals surface area contributed by atoms with E-state index in [1.165, 1.54) is 0 Å². The lowest BCUT2D eigenvalue weighted by Crippen LogP contribution is -2.14. The number of nitrogens with one attached hydrogen (secondary N) is 1. The summed E-state index contributed by atoms with van der Waals surface area (Å²) in [5.74, 6) is 0.928. The summed E-state index contributed by atoms with van der Waals surface area (Å²) in [6.45, 7) is 3.97. The van der Waals surface area contributed by atoms with Gasteiger partial charge in [0.1, 0.15) is 5.75 Å². The Morgan fingerprint density at radius 2 is 1.81 bits per heavy atom. The first kappa shape index (κ1) is 20.6. The Labute approximate surface area is 185 Å². The van der Waals surface area contributed by atoms with Gasteiger partial charge in [0.2, 0.25) is 5.82 Å². The predicted octanol–water partition coefficient (Wildman–Crippen LogP) is 5.47. The fourth-order valence-electron chi connectivity index (χ4n) is 3.22. The van der Waals surface area contributed by atoms with Crippen molar-refractivity contribution >= 4 is 23.2 Å². The van der Waals surface area contributed by atoms with Gasteiger partial charge in [0, 0.05) is 16.3 Å². The van der Waals surface area contributed by atoms with E-state index in [4.69, 9.17) is 16.3 Å². The highest BCUT2D eigenvalue weighted by Gasteiger charge is 2.20. The summed E-state index contributed by atoms with van der Waals surface area (Å²) in [6, 6.07) is 20.5. The minimum atomic E-state index is -0.405. The second-order valence-corrected chi connectivity index (χ2v) is 7.59. The Morgan fingerprint density at radius 1 is 1.03 bits per heavy atom. The number of carbonyl (C=O) groups is 1. The van der Waals surface area contributed by atoms with Gasteiger partial charge in [0.05, 0.1) is 12.8 Å². The number of rotatable bonds is 5. The number of aromatic nitrogens is 3. The minimum Gasteiger partial charge on any atom is -0.497 e. The molecule has 1 heterocycles. The fraction of sp³-hybridized carbons (Fsp3) is 0.125. The first-order valence-corrected chi connectivity index (χ1v) is 10.1. The molecule has 0 spiro atoms. The number of amides is 1. The Bertz CT molecular complexity index is 1250. The van der Waals surface area contributed by atoms with E-state index in [1.54, 1.807) is 36.1 Å². The van der Waals surface area contributed by atoms with E-state index < -0.39 is 5.91 Å². The Balaban J connectivity index is 1.77. The molecule has 7 heteroatoms. The van der Waals surface area contributed by atoms with Crippen LogP contribution in [0.25, 0.3) is 17.1 Å². The molecule has 0 saturated carbocycles. The van der Waals surface area contributed by atoms with E-state index in [0.29, 0.717) is 22.3 Å². The van der Waals surface area contributed by atoms with Crippen molar-refractivity contribution in [3.8, 4) is 22.8 Å². The van der Waals surface area contributed by atoms with E-state index in [1.807, 2.05) is 56.3 Å². The summed E-state index contributed by atoms with van der Waals surface area (Å²) in [5, 5.41) is 7.94. The van der Waals surface area contributed by atoms with E-state index in [0.717, 1.165) is 22.4 Å². The van der Waals surface area contributed by atoms with Gasteiger partial charge >= 0.3 is 0 Å². The highest BCUT2D eigenvalue weighted by atomic mass is 35.5. The third-order valence-corrected chi connectivity index (χ3v) is 5.07. The van der Waals surface area contributed by atoms with Crippen molar-refractivity contribution in [1.29, 1.82) is 0 Å². The first-order chi connectivity index (χ1) is 14.9. The van der Waals surface area contributed by atoms with Crippen molar-refractivity contribution < 1.29 is 9.53 Å². The first-order valence-electron chi connectivity index (χ1n) is 9.70. The third kappa shape index (κ3) is 4.44. The number of hydrogen-bond acceptors (Lipinski definition) is 4. The van der Waals surface area contributed by atoms with Crippen LogP contribution in [0.1, 0.15) is 21.7 Å². The van der Waals surface area contributed by atoms with Crippen molar-refractivity contribution in [2.45, 2.75) is 13.8 Å². The summed E-state index contributed by atoms with van der Waals surface area (Å²) in [7, 11) is 1.59. The van der Waals surface area contributed by atoms with Gasteiger partial charge in [0.15, 0.2) is 5.82 Å². The van der Waals surface area contributed by atoms with Gasteiger partial charge in [-0.1, -0.05) is 41.4 Å². The molecule has 0 atom stereocenters. The molecule has 0 aliphatic rings. The van der Waals surface area contributed by atoms with Crippen molar-refractivity contribution in [3.05, 3.63) is 88.7 Å². The average molecular weight is 433 g/mol. The second-order valence-electron chi connectivity index (χ2n) is 7.15. The lowest BCUT2D eigenvalue weighted by atomic mass is 10.1. The standard InChI is InChI=1S/C24H21ClN4O2/c1-15-5-4-6-17(13-15)23-27-22(24(30)26-19-9-11-20(31-3)12-10-19)28-29(23)21-14-18(25)8-7-16(21)2/h4-14H,1-3H3,(H,26,30). The van der Waals surface area contributed by atoms with Gasteiger partial charge in [-0.05, 0) is 61.9 Å². The summed E-state index contributed by atoms with van der Waals surface area (Å²) < 4.78 is 6.82. The molecular weight excluding hydrogens is 412 g/mol. The smallest absolute Gasteiger partial charge is 0.295 e. The Hall–Kier alpha value is -3.64. The summed E-state index contributed by atoms with van der Waals surface area (Å²) in [4.78, 5) is 17.5. The molecule has 1 aromatic heterocycles. The monoisotopic (exact) mass is 432 g/mol. The maximum Gasteiger partial charge on any atom is 0.295 e. The van der Waals surface area contributed by atoms with Crippen LogP contribution in [0, 0.1) is 13.8 Å². The number of benzene rings is 3. The molecule has 6 nitrogen and oxygen atoms in total. The highest BCUT2D eigenvalue weighted by Crippen LogP contribution is 2.26. The predicted molar refractivity (Wildman–Crippen MR) is 122 cm³/mol. The summed E-state index contributed by atoms with van der Waals surface area (Å²) in [6.07, 6.45) is 0. The van der Waals surface area contributed by atoms with Crippen molar-refractivity contribution in [3.63, 3.8) is 0 Å². The van der Waals surface area contributed by atoms with Crippen LogP contribution in [-0.2, 0) is 0 Å². The van der Waals surface area contributed by atoms with Gasteiger partial charge < -0.3 is 10.1 Å². The van der Waals surface area contributed by atoms with Crippen LogP contribution in [0.5, 0.6) is 5.75 Å². The average Bonchev–Trinajstić information content (AvgIpc) is 3.21. The molecule has 0 aliphatic carbocycles. The van der Waals surface area contributed by atoms with Crippen LogP contribution in [0.15, 0.2) is 66.7 Å². The maximum atomic E-state index is 12.9. The van der Waals surface area contributed by atoms with Crippen molar-refractivity contribution in [2.24, 2.45) is 0 Å². The number of nitrogens with zero attached hydrogens (tertiary/aromatic N) is 3. The second kappa shape index (κ2) is 8.62. The normalized spacial score (nSPS) is 10.7. The van der Waals surface area contributed by atoms with Crippen LogP contribution in [0.2, 0.25) is 5.02 Å². The molecule has 156 valence electrons. The molecular formula is C24H21ClN4O2. The minimum absolute atomic E-state index is 0.0618. The topological polar surface area (TPSA) is 69.0 Å². The number of carbonyl (C=O) groups excluding carboxylic acids is 1. The lowest BCUT2D eigenvalue weighted by Gasteiger charge is -2.10. The molecule has 0 fully saturated rings. The molecule has 0 bridgehead atoms. The van der Waals surface area contributed by atoms with E-state index in [9.17, 15) is 4.79 Å². The zero-order chi connectivity index (χ0) is 22.0. The van der Waals surface area contributed by atoms with Crippen LogP contribution in [-0.4, -0.2) is 27.8 Å². The van der Waals surface area contributed by atoms with E-state index in [2.05, 4.69) is 15.4 Å². The zero-order valence-electron chi connectivity index (χ0n) is 17.4. The van der Waals surface area contributed by atoms with Crippen LogP contribution in [0.3, 0.4) is 0 Å². The molecule has 31 heavy (non-hydrogen) atoms. The molecule has 1 N–H and O–H groups in total. The van der Waals surface area contributed by atoms with E-state index >= 15 is 0 Å². The molecule has 4 rings (SSSR count). The molecule has 3 aromatic carbocycles. The number of anilines is 1. The molecule has 0 unspecified atom stereocenters. The van der Waals surface area contributed by atoms with Gasteiger partial charge in [-0.25, -0.2) is 9.67 Å². The molecule has 0 radical (unpaired) electrons. The maximum absolute atomic E-state index is 12.9. The van der Waals surface area contributed by atoms with Crippen molar-refractivity contribution in [1.82, 2.24) is 14.8 Å². The number of hydrogen-bond donors (Lipinski definition) is 1. The third-order valence-electron chi connectivity index (χ3n) is 4.83. The number of ether oxygens (including phenoxy) is 1. The van der Waals surface area contributed by atoms with Crippen molar-refractivity contribution in [2.75, 3.05) is 12.4 Å². The Kier molecular flexibility index (Phi) is 5.73. The van der Waals surface area contributed by atoms with E-state index in [-0.39, 0.29) is 5.82 Å². The quantitative estimate of drug-likeness (QED) is 0.454. The molecule has 0 saturated heterocycles. The van der Waals surface area contributed by atoms with Gasteiger partial charge in [-0.3, -0.25) is 4.79 Å². The number of aryl methyl sites for hydroxylation is 2. The molecule has 1 amide bonds. The van der Waals surface area contributed by atoms with Gasteiger partial charge in [0.25, 0.3) is 5.91 Å². The Morgan fingerprint density at radius 3 is 2.52 bits per heavy atom. The van der Waals surface area contributed by atoms with Crippen LogP contribution >= 0.6 is 11.6 Å². The largest absolute Gasteiger partial charge is 0.497 e. The fourth-order valence-corrected chi connectivity index (χ4v) is 3.39. The lowest BCUT2D eigenvalue weighted by molar-refractivity contribution is 0.101. The molecule has 0 aliphatic heterocycles. The van der Waals surface area contributed by atoms with Gasteiger partial charge in [-0.2, -0.15) is 0 Å². The number of methoxy groups -OCH3 is 1. The summed E-state index contributed by atoms with van der Waals surface area (Å²) in [5.41, 5.74) is 4.29.